The zero-order valence-corrected chi connectivity index (χ0v) is 13.8. The van der Waals surface area contributed by atoms with Crippen LogP contribution in [0.5, 0.6) is 5.75 Å². The molecule has 2 aromatic carbocycles. The van der Waals surface area contributed by atoms with Crippen molar-refractivity contribution in [3.63, 3.8) is 0 Å². The third-order valence-corrected chi connectivity index (χ3v) is 3.53. The highest BCUT2D eigenvalue weighted by molar-refractivity contribution is 5.95. The Kier molecular flexibility index (Phi) is 5.36. The van der Waals surface area contributed by atoms with E-state index in [-0.39, 0.29) is 17.2 Å². The molecule has 0 heterocycles. The van der Waals surface area contributed by atoms with Gasteiger partial charge in [0.2, 0.25) is 0 Å². The number of benzene rings is 2. The first-order chi connectivity index (χ1) is 11.4. The number of carbonyl (C=O) groups is 1. The van der Waals surface area contributed by atoms with Crippen molar-refractivity contribution in [1.29, 1.82) is 0 Å². The van der Waals surface area contributed by atoms with Gasteiger partial charge in [-0.15, -0.1) is 0 Å². The minimum absolute atomic E-state index is 0.0999. The Morgan fingerprint density at radius 3 is 2.42 bits per heavy atom. The van der Waals surface area contributed by atoms with Gasteiger partial charge in [-0.25, -0.2) is 0 Å². The first kappa shape index (κ1) is 17.3. The lowest BCUT2D eigenvalue weighted by Gasteiger charge is -2.13. The van der Waals surface area contributed by atoms with Gasteiger partial charge in [-0.3, -0.25) is 14.9 Å². The van der Waals surface area contributed by atoms with Gasteiger partial charge in [-0.1, -0.05) is 12.1 Å². The topological polar surface area (TPSA) is 84.7 Å². The van der Waals surface area contributed by atoms with Crippen LogP contribution in [0, 0.1) is 10.1 Å². The van der Waals surface area contributed by atoms with E-state index in [0.717, 1.165) is 11.3 Å². The maximum Gasteiger partial charge on any atom is 0.293 e. The number of nitrogens with zero attached hydrogens (tertiary/aromatic N) is 2. The lowest BCUT2D eigenvalue weighted by Crippen LogP contribution is -2.23. The van der Waals surface area contributed by atoms with Gasteiger partial charge in [0.25, 0.3) is 11.6 Å². The molecule has 0 saturated carbocycles. The monoisotopic (exact) mass is 329 g/mol. The van der Waals surface area contributed by atoms with Crippen molar-refractivity contribution in [1.82, 2.24) is 5.32 Å². The van der Waals surface area contributed by atoms with Crippen LogP contribution in [-0.2, 0) is 6.54 Å². The Balaban J connectivity index is 2.11. The highest BCUT2D eigenvalue weighted by atomic mass is 16.6. The molecule has 0 aliphatic rings. The molecule has 0 radical (unpaired) electrons. The molecular formula is C17H19N3O4. The number of hydrogen-bond acceptors (Lipinski definition) is 5. The molecule has 24 heavy (non-hydrogen) atoms. The Morgan fingerprint density at radius 1 is 1.21 bits per heavy atom. The number of nitro groups is 1. The molecule has 0 unspecified atom stereocenters. The number of carbonyl (C=O) groups excluding carboxylic acids is 1. The highest BCUT2D eigenvalue weighted by Gasteiger charge is 2.18. The van der Waals surface area contributed by atoms with Crippen LogP contribution in [0.1, 0.15) is 15.9 Å². The number of amides is 1. The molecule has 1 amide bonds. The zero-order chi connectivity index (χ0) is 17.7. The van der Waals surface area contributed by atoms with Crippen LogP contribution in [0.4, 0.5) is 11.4 Å². The summed E-state index contributed by atoms with van der Waals surface area (Å²) in [5, 5.41) is 13.9. The number of hydrogen-bond donors (Lipinski definition) is 1. The summed E-state index contributed by atoms with van der Waals surface area (Å²) in [6.07, 6.45) is 0. The SMILES string of the molecule is COc1ccc(CNC(=O)c2ccc(N(C)C)c([N+](=O)[O-])c2)cc1. The second kappa shape index (κ2) is 7.45. The largest absolute Gasteiger partial charge is 0.497 e. The summed E-state index contributed by atoms with van der Waals surface area (Å²) in [6, 6.07) is 11.7. The van der Waals surface area contributed by atoms with E-state index in [9.17, 15) is 14.9 Å². The van der Waals surface area contributed by atoms with Gasteiger partial charge in [0.1, 0.15) is 11.4 Å². The van der Waals surface area contributed by atoms with E-state index in [1.54, 1.807) is 50.4 Å². The van der Waals surface area contributed by atoms with Gasteiger partial charge < -0.3 is 15.0 Å². The van der Waals surface area contributed by atoms with E-state index < -0.39 is 4.92 Å². The number of ether oxygens (including phenoxy) is 1. The Morgan fingerprint density at radius 2 is 1.88 bits per heavy atom. The van der Waals surface area contributed by atoms with E-state index in [1.165, 1.54) is 6.07 Å². The zero-order valence-electron chi connectivity index (χ0n) is 13.8. The van der Waals surface area contributed by atoms with Gasteiger partial charge in [-0.05, 0) is 29.8 Å². The first-order valence-corrected chi connectivity index (χ1v) is 7.29. The second-order valence-corrected chi connectivity index (χ2v) is 5.39. The molecule has 1 N–H and O–H groups in total. The normalized spacial score (nSPS) is 10.1. The molecular weight excluding hydrogens is 310 g/mol. The van der Waals surface area contributed by atoms with E-state index in [1.807, 2.05) is 12.1 Å². The Hall–Kier alpha value is -3.09. The van der Waals surface area contributed by atoms with E-state index in [4.69, 9.17) is 4.74 Å². The van der Waals surface area contributed by atoms with Crippen molar-refractivity contribution in [2.75, 3.05) is 26.1 Å². The van der Waals surface area contributed by atoms with Gasteiger partial charge >= 0.3 is 0 Å². The molecule has 0 bridgehead atoms. The average Bonchev–Trinajstić information content (AvgIpc) is 2.59. The first-order valence-electron chi connectivity index (χ1n) is 7.29. The van der Waals surface area contributed by atoms with Crippen molar-refractivity contribution in [2.45, 2.75) is 6.54 Å². The number of methoxy groups -OCH3 is 1. The van der Waals surface area contributed by atoms with E-state index in [0.29, 0.717) is 12.2 Å². The third-order valence-electron chi connectivity index (χ3n) is 3.53. The summed E-state index contributed by atoms with van der Waals surface area (Å²) in [4.78, 5) is 24.5. The molecule has 2 rings (SSSR count). The lowest BCUT2D eigenvalue weighted by molar-refractivity contribution is -0.384. The van der Waals surface area contributed by atoms with Gasteiger partial charge in [0.05, 0.1) is 12.0 Å². The smallest absolute Gasteiger partial charge is 0.293 e. The van der Waals surface area contributed by atoms with Crippen molar-refractivity contribution >= 4 is 17.3 Å². The number of nitrogens with one attached hydrogen (secondary N) is 1. The van der Waals surface area contributed by atoms with Gasteiger partial charge in [0, 0.05) is 32.3 Å². The maximum absolute atomic E-state index is 12.2. The van der Waals surface area contributed by atoms with Gasteiger partial charge in [0.15, 0.2) is 0 Å². The van der Waals surface area contributed by atoms with E-state index >= 15 is 0 Å². The van der Waals surface area contributed by atoms with Crippen LogP contribution in [0.15, 0.2) is 42.5 Å². The standard InChI is InChI=1S/C17H19N3O4/c1-19(2)15-9-6-13(10-16(15)20(22)23)17(21)18-11-12-4-7-14(24-3)8-5-12/h4-10H,11H2,1-3H3,(H,18,21). The average molecular weight is 329 g/mol. The molecule has 126 valence electrons. The Labute approximate surface area is 140 Å². The van der Waals surface area contributed by atoms with Crippen molar-refractivity contribution < 1.29 is 14.5 Å². The van der Waals surface area contributed by atoms with Crippen molar-refractivity contribution in [3.8, 4) is 5.75 Å². The second-order valence-electron chi connectivity index (χ2n) is 5.39. The summed E-state index contributed by atoms with van der Waals surface area (Å²) in [6.45, 7) is 0.325. The van der Waals surface area contributed by atoms with Crippen LogP contribution in [0.25, 0.3) is 0 Å². The van der Waals surface area contributed by atoms with E-state index in [2.05, 4.69) is 5.32 Å². The molecule has 7 heteroatoms. The van der Waals surface area contributed by atoms with Crippen LogP contribution in [-0.4, -0.2) is 32.0 Å². The predicted octanol–water partition coefficient (Wildman–Crippen LogP) is 2.60. The quantitative estimate of drug-likeness (QED) is 0.650. The van der Waals surface area contributed by atoms with Crippen LogP contribution in [0.3, 0.4) is 0 Å². The lowest BCUT2D eigenvalue weighted by atomic mass is 10.1. The summed E-state index contributed by atoms with van der Waals surface area (Å²) in [7, 11) is 5.01. The summed E-state index contributed by atoms with van der Waals surface area (Å²) >= 11 is 0. The minimum Gasteiger partial charge on any atom is -0.497 e. The third kappa shape index (κ3) is 4.01. The van der Waals surface area contributed by atoms with Crippen LogP contribution in [0.2, 0.25) is 0 Å². The summed E-state index contributed by atoms with van der Waals surface area (Å²) in [5.74, 6) is 0.374. The fourth-order valence-corrected chi connectivity index (χ4v) is 2.22. The van der Waals surface area contributed by atoms with Crippen LogP contribution >= 0.6 is 0 Å². The molecule has 0 aliphatic carbocycles. The summed E-state index contributed by atoms with van der Waals surface area (Å²) in [5.41, 5.74) is 1.51. The molecule has 0 aromatic heterocycles. The molecule has 7 nitrogen and oxygen atoms in total. The molecule has 2 aromatic rings. The number of anilines is 1. The highest BCUT2D eigenvalue weighted by Crippen LogP contribution is 2.27. The van der Waals surface area contributed by atoms with Crippen molar-refractivity contribution in [3.05, 3.63) is 63.7 Å². The summed E-state index contributed by atoms with van der Waals surface area (Å²) < 4.78 is 5.07. The number of nitro benzene ring substituents is 1. The Bertz CT molecular complexity index is 742. The van der Waals surface area contributed by atoms with Crippen molar-refractivity contribution in [2.24, 2.45) is 0 Å². The van der Waals surface area contributed by atoms with Crippen LogP contribution < -0.4 is 15.0 Å². The molecule has 0 aliphatic heterocycles. The fraction of sp³-hybridized carbons (Fsp3) is 0.235. The molecule has 0 atom stereocenters. The molecule has 0 saturated heterocycles. The number of rotatable bonds is 6. The minimum atomic E-state index is -0.490. The molecule has 0 fully saturated rings. The maximum atomic E-state index is 12.2. The van der Waals surface area contributed by atoms with Gasteiger partial charge in [-0.2, -0.15) is 0 Å². The fourth-order valence-electron chi connectivity index (χ4n) is 2.22. The predicted molar refractivity (Wildman–Crippen MR) is 91.6 cm³/mol. The molecule has 0 spiro atoms.